The van der Waals surface area contributed by atoms with Crippen LogP contribution in [0.15, 0.2) is 18.3 Å². The predicted molar refractivity (Wildman–Crippen MR) is 79.5 cm³/mol. The van der Waals surface area contributed by atoms with Crippen molar-refractivity contribution >= 4 is 11.0 Å². The molecule has 2 aromatic heterocycles. The Morgan fingerprint density at radius 3 is 2.89 bits per heavy atom. The zero-order valence-corrected chi connectivity index (χ0v) is 12.0. The van der Waals surface area contributed by atoms with Crippen LogP contribution in [0.1, 0.15) is 30.5 Å². The van der Waals surface area contributed by atoms with Crippen molar-refractivity contribution in [3.05, 3.63) is 29.6 Å². The van der Waals surface area contributed by atoms with Crippen LogP contribution in [-0.4, -0.2) is 35.1 Å². The van der Waals surface area contributed by atoms with E-state index in [9.17, 15) is 0 Å². The van der Waals surface area contributed by atoms with Crippen molar-refractivity contribution < 1.29 is 0 Å². The SMILES string of the molecule is CN(C)CCn1c2c(c3ncccc31)CCCCC2. The van der Waals surface area contributed by atoms with Crippen LogP contribution >= 0.6 is 0 Å². The number of pyridine rings is 1. The van der Waals surface area contributed by atoms with Crippen LogP contribution in [0.4, 0.5) is 0 Å². The van der Waals surface area contributed by atoms with Crippen molar-refractivity contribution in [3.8, 4) is 0 Å². The fraction of sp³-hybridized carbons (Fsp3) is 0.562. The van der Waals surface area contributed by atoms with Gasteiger partial charge >= 0.3 is 0 Å². The van der Waals surface area contributed by atoms with Crippen molar-refractivity contribution in [2.45, 2.75) is 38.6 Å². The second-order valence-corrected chi connectivity index (χ2v) is 5.81. The summed E-state index contributed by atoms with van der Waals surface area (Å²) in [7, 11) is 4.28. The summed E-state index contributed by atoms with van der Waals surface area (Å²) in [5.74, 6) is 0. The molecule has 19 heavy (non-hydrogen) atoms. The number of fused-ring (bicyclic) bond motifs is 3. The predicted octanol–water partition coefficient (Wildman–Crippen LogP) is 2.87. The number of likely N-dealkylation sites (N-methyl/N-ethyl adjacent to an activating group) is 1. The molecule has 2 heterocycles. The molecule has 0 saturated carbocycles. The molecule has 0 aliphatic heterocycles. The van der Waals surface area contributed by atoms with Crippen molar-refractivity contribution in [1.29, 1.82) is 0 Å². The lowest BCUT2D eigenvalue weighted by Crippen LogP contribution is -2.19. The van der Waals surface area contributed by atoms with E-state index in [1.54, 1.807) is 5.69 Å². The van der Waals surface area contributed by atoms with E-state index in [1.807, 2.05) is 6.20 Å². The van der Waals surface area contributed by atoms with E-state index in [2.05, 4.69) is 40.7 Å². The normalized spacial score (nSPS) is 15.7. The Kier molecular flexibility index (Phi) is 3.56. The van der Waals surface area contributed by atoms with Crippen LogP contribution in [0.3, 0.4) is 0 Å². The number of hydrogen-bond donors (Lipinski definition) is 0. The van der Waals surface area contributed by atoms with Gasteiger partial charge in [-0.2, -0.15) is 0 Å². The minimum atomic E-state index is 1.07. The Hall–Kier alpha value is -1.35. The summed E-state index contributed by atoms with van der Waals surface area (Å²) >= 11 is 0. The minimum Gasteiger partial charge on any atom is -0.342 e. The third kappa shape index (κ3) is 2.39. The molecule has 3 heteroatoms. The third-order valence-corrected chi connectivity index (χ3v) is 4.15. The smallest absolute Gasteiger partial charge is 0.0915 e. The summed E-state index contributed by atoms with van der Waals surface area (Å²) in [6.07, 6.45) is 8.36. The van der Waals surface area contributed by atoms with Crippen LogP contribution in [0.2, 0.25) is 0 Å². The van der Waals surface area contributed by atoms with Gasteiger partial charge in [-0.05, 0) is 57.5 Å². The zero-order valence-electron chi connectivity index (χ0n) is 12.0. The first-order chi connectivity index (χ1) is 9.27. The second kappa shape index (κ2) is 5.33. The Bertz CT molecular complexity index is 569. The van der Waals surface area contributed by atoms with Crippen LogP contribution in [0, 0.1) is 0 Å². The van der Waals surface area contributed by atoms with E-state index < -0.39 is 0 Å². The molecule has 0 unspecified atom stereocenters. The van der Waals surface area contributed by atoms with Crippen LogP contribution < -0.4 is 0 Å². The summed E-state index contributed by atoms with van der Waals surface area (Å²) in [5, 5.41) is 0. The van der Waals surface area contributed by atoms with Gasteiger partial charge in [-0.15, -0.1) is 0 Å². The largest absolute Gasteiger partial charge is 0.342 e. The van der Waals surface area contributed by atoms with E-state index in [0.29, 0.717) is 0 Å². The topological polar surface area (TPSA) is 21.1 Å². The highest BCUT2D eigenvalue weighted by molar-refractivity contribution is 5.81. The van der Waals surface area contributed by atoms with Crippen LogP contribution in [0.5, 0.6) is 0 Å². The summed E-state index contributed by atoms with van der Waals surface area (Å²) < 4.78 is 2.52. The fourth-order valence-corrected chi connectivity index (χ4v) is 3.17. The van der Waals surface area contributed by atoms with Gasteiger partial charge in [-0.3, -0.25) is 4.98 Å². The lowest BCUT2D eigenvalue weighted by Gasteiger charge is -2.14. The van der Waals surface area contributed by atoms with Gasteiger partial charge in [0.1, 0.15) is 0 Å². The van der Waals surface area contributed by atoms with Crippen molar-refractivity contribution in [2.75, 3.05) is 20.6 Å². The van der Waals surface area contributed by atoms with Crippen molar-refractivity contribution in [1.82, 2.24) is 14.5 Å². The van der Waals surface area contributed by atoms with E-state index in [4.69, 9.17) is 0 Å². The molecule has 0 N–H and O–H groups in total. The van der Waals surface area contributed by atoms with Gasteiger partial charge in [-0.1, -0.05) is 6.42 Å². The molecule has 1 aliphatic rings. The van der Waals surface area contributed by atoms with Gasteiger partial charge in [0, 0.05) is 25.0 Å². The maximum atomic E-state index is 4.65. The molecule has 0 atom stereocenters. The minimum absolute atomic E-state index is 1.07. The summed E-state index contributed by atoms with van der Waals surface area (Å²) in [6, 6.07) is 4.29. The molecule has 0 bridgehead atoms. The first-order valence-electron chi connectivity index (χ1n) is 7.37. The molecule has 0 radical (unpaired) electrons. The summed E-state index contributed by atoms with van der Waals surface area (Å²) in [4.78, 5) is 6.90. The highest BCUT2D eigenvalue weighted by Gasteiger charge is 2.19. The first kappa shape index (κ1) is 12.7. The molecule has 0 amide bonds. The Balaban J connectivity index is 2.09. The molecule has 3 rings (SSSR count). The Morgan fingerprint density at radius 1 is 1.21 bits per heavy atom. The molecule has 102 valence electrons. The zero-order chi connectivity index (χ0) is 13.2. The quantitative estimate of drug-likeness (QED) is 0.788. The van der Waals surface area contributed by atoms with E-state index in [-0.39, 0.29) is 0 Å². The Morgan fingerprint density at radius 2 is 2.05 bits per heavy atom. The van der Waals surface area contributed by atoms with Gasteiger partial charge in [-0.25, -0.2) is 0 Å². The number of aryl methyl sites for hydroxylation is 1. The molecule has 0 fully saturated rings. The molecule has 2 aromatic rings. The van der Waals surface area contributed by atoms with Gasteiger partial charge in [0.2, 0.25) is 0 Å². The number of hydrogen-bond acceptors (Lipinski definition) is 2. The third-order valence-electron chi connectivity index (χ3n) is 4.15. The van der Waals surface area contributed by atoms with E-state index in [1.165, 1.54) is 48.7 Å². The van der Waals surface area contributed by atoms with Gasteiger partial charge in [0.05, 0.1) is 11.0 Å². The van der Waals surface area contributed by atoms with Gasteiger partial charge in [0.15, 0.2) is 0 Å². The lowest BCUT2D eigenvalue weighted by molar-refractivity contribution is 0.384. The van der Waals surface area contributed by atoms with Crippen molar-refractivity contribution in [2.24, 2.45) is 0 Å². The fourth-order valence-electron chi connectivity index (χ4n) is 3.17. The molecule has 0 saturated heterocycles. The highest BCUT2D eigenvalue weighted by Crippen LogP contribution is 2.30. The average Bonchev–Trinajstić information content (AvgIpc) is 2.56. The molecule has 0 aromatic carbocycles. The van der Waals surface area contributed by atoms with Gasteiger partial charge in [0.25, 0.3) is 0 Å². The molecule has 3 nitrogen and oxygen atoms in total. The number of rotatable bonds is 3. The highest BCUT2D eigenvalue weighted by atomic mass is 15.1. The van der Waals surface area contributed by atoms with E-state index in [0.717, 1.165) is 13.1 Å². The van der Waals surface area contributed by atoms with E-state index >= 15 is 0 Å². The molecule has 0 spiro atoms. The number of nitrogens with zero attached hydrogens (tertiary/aromatic N) is 3. The standard InChI is InChI=1S/C16H23N3/c1-18(2)11-12-19-14-8-5-3-4-7-13(14)16-15(19)9-6-10-17-16/h6,9-10H,3-5,7-8,11-12H2,1-2H3. The second-order valence-electron chi connectivity index (χ2n) is 5.81. The summed E-state index contributed by atoms with van der Waals surface area (Å²) in [6.45, 7) is 2.16. The van der Waals surface area contributed by atoms with Crippen LogP contribution in [0.25, 0.3) is 11.0 Å². The monoisotopic (exact) mass is 257 g/mol. The summed E-state index contributed by atoms with van der Waals surface area (Å²) in [5.41, 5.74) is 5.65. The average molecular weight is 257 g/mol. The maximum absolute atomic E-state index is 4.65. The molecular weight excluding hydrogens is 234 g/mol. The van der Waals surface area contributed by atoms with Crippen LogP contribution in [-0.2, 0) is 19.4 Å². The Labute approximate surface area is 115 Å². The van der Waals surface area contributed by atoms with Gasteiger partial charge < -0.3 is 9.47 Å². The first-order valence-corrected chi connectivity index (χ1v) is 7.37. The maximum Gasteiger partial charge on any atom is 0.0915 e. The van der Waals surface area contributed by atoms with Crippen molar-refractivity contribution in [3.63, 3.8) is 0 Å². The number of aromatic nitrogens is 2. The molecular formula is C16H23N3. The molecule has 1 aliphatic carbocycles. The lowest BCUT2D eigenvalue weighted by atomic mass is 10.1.